The maximum atomic E-state index is 13.9. The first-order valence-electron chi connectivity index (χ1n) is 10.9. The Morgan fingerprint density at radius 1 is 1.13 bits per heavy atom. The van der Waals surface area contributed by atoms with Gasteiger partial charge in [-0.3, -0.25) is 9.89 Å². The van der Waals surface area contributed by atoms with Crippen LogP contribution in [0.1, 0.15) is 25.3 Å². The molecule has 0 spiro atoms. The van der Waals surface area contributed by atoms with E-state index >= 15 is 0 Å². The third-order valence-corrected chi connectivity index (χ3v) is 5.92. The van der Waals surface area contributed by atoms with E-state index in [2.05, 4.69) is 20.1 Å². The topological polar surface area (TPSA) is 60.4 Å². The summed E-state index contributed by atoms with van der Waals surface area (Å²) in [4.78, 5) is 22.6. The number of amides is 1. The molecule has 0 saturated carbocycles. The zero-order valence-electron chi connectivity index (χ0n) is 18.6. The van der Waals surface area contributed by atoms with Crippen LogP contribution in [-0.4, -0.2) is 86.2 Å². The lowest BCUT2D eigenvalue weighted by molar-refractivity contribution is 0.0913. The highest BCUT2D eigenvalue weighted by molar-refractivity contribution is 14.0. The van der Waals surface area contributed by atoms with Crippen molar-refractivity contribution >= 4 is 36.0 Å². The van der Waals surface area contributed by atoms with Crippen LogP contribution in [0.3, 0.4) is 0 Å². The zero-order chi connectivity index (χ0) is 21.3. The van der Waals surface area contributed by atoms with Crippen LogP contribution >= 0.6 is 24.0 Å². The van der Waals surface area contributed by atoms with Crippen LogP contribution in [0.25, 0.3) is 0 Å². The molecule has 0 atom stereocenters. The fraction of sp³-hybridized carbons (Fsp3) is 0.636. The fourth-order valence-corrected chi connectivity index (χ4v) is 4.10. The summed E-state index contributed by atoms with van der Waals surface area (Å²) in [5.74, 6) is 1.36. The van der Waals surface area contributed by atoms with Gasteiger partial charge in [0.25, 0.3) is 0 Å². The lowest BCUT2D eigenvalue weighted by Crippen LogP contribution is -2.54. The Labute approximate surface area is 202 Å². The maximum absolute atomic E-state index is 13.9. The number of carbonyl (C=O) groups excluding carboxylic acids is 1. The van der Waals surface area contributed by atoms with Crippen LogP contribution < -0.4 is 5.32 Å². The zero-order valence-corrected chi connectivity index (χ0v) is 20.9. The second kappa shape index (κ2) is 13.0. The quantitative estimate of drug-likeness (QED) is 0.349. The first kappa shape index (κ1) is 25.6. The Morgan fingerprint density at radius 2 is 1.77 bits per heavy atom. The molecular weight excluding hydrogens is 512 g/mol. The number of nitrogens with zero attached hydrogens (tertiary/aromatic N) is 4. The highest BCUT2D eigenvalue weighted by Gasteiger charge is 2.25. The second-order valence-electron chi connectivity index (χ2n) is 7.91. The van der Waals surface area contributed by atoms with Gasteiger partial charge in [0.05, 0.1) is 6.61 Å². The van der Waals surface area contributed by atoms with Gasteiger partial charge in [0.1, 0.15) is 5.82 Å². The fourth-order valence-electron chi connectivity index (χ4n) is 4.10. The van der Waals surface area contributed by atoms with Crippen molar-refractivity contribution in [3.63, 3.8) is 0 Å². The molecule has 1 N–H and O–H groups in total. The van der Waals surface area contributed by atoms with Gasteiger partial charge in [0, 0.05) is 51.9 Å². The average molecular weight is 547 g/mol. The van der Waals surface area contributed by atoms with E-state index in [1.54, 1.807) is 18.0 Å². The number of piperidine rings is 1. The molecule has 0 unspecified atom stereocenters. The highest BCUT2D eigenvalue weighted by Crippen LogP contribution is 2.19. The molecule has 2 saturated heterocycles. The molecule has 31 heavy (non-hydrogen) atoms. The Bertz CT molecular complexity index is 720. The number of hydrogen-bond donors (Lipinski definition) is 1. The molecule has 1 aromatic carbocycles. The number of ether oxygens (including phenoxy) is 1. The lowest BCUT2D eigenvalue weighted by Gasteiger charge is -2.37. The first-order valence-corrected chi connectivity index (χ1v) is 10.9. The van der Waals surface area contributed by atoms with E-state index in [1.165, 1.54) is 6.07 Å². The molecule has 7 nitrogen and oxygen atoms in total. The molecule has 9 heteroatoms. The Morgan fingerprint density at radius 3 is 2.39 bits per heavy atom. The molecule has 1 aromatic rings. The average Bonchev–Trinajstić information content (AvgIpc) is 2.77. The molecule has 3 rings (SSSR count). The van der Waals surface area contributed by atoms with Crippen LogP contribution in [0.15, 0.2) is 29.3 Å². The third kappa shape index (κ3) is 7.48. The molecule has 0 radical (unpaired) electrons. The van der Waals surface area contributed by atoms with E-state index in [9.17, 15) is 9.18 Å². The van der Waals surface area contributed by atoms with Gasteiger partial charge in [-0.1, -0.05) is 18.2 Å². The number of likely N-dealkylation sites (tertiary alicyclic amines) is 1. The van der Waals surface area contributed by atoms with E-state index in [1.807, 2.05) is 19.1 Å². The summed E-state index contributed by atoms with van der Waals surface area (Å²) >= 11 is 0. The van der Waals surface area contributed by atoms with Crippen molar-refractivity contribution in [2.45, 2.75) is 26.3 Å². The Kier molecular flexibility index (Phi) is 10.8. The van der Waals surface area contributed by atoms with E-state index < -0.39 is 0 Å². The molecule has 0 bridgehead atoms. The molecule has 0 aromatic heterocycles. The molecule has 174 valence electrons. The van der Waals surface area contributed by atoms with E-state index in [4.69, 9.17) is 4.74 Å². The largest absolute Gasteiger partial charge is 0.450 e. The molecule has 1 amide bonds. The molecule has 2 aliphatic rings. The Balaban J connectivity index is 0.00000341. The maximum Gasteiger partial charge on any atom is 0.409 e. The summed E-state index contributed by atoms with van der Waals surface area (Å²) in [7, 11) is 1.80. The SMILES string of the molecule is CCOC(=O)N1CCN(C(=NC)NCC2CCN(Cc3ccccc3F)CC2)CC1.I. The lowest BCUT2D eigenvalue weighted by atomic mass is 9.96. The van der Waals surface area contributed by atoms with Gasteiger partial charge in [0.2, 0.25) is 0 Å². The van der Waals surface area contributed by atoms with Crippen LogP contribution in [-0.2, 0) is 11.3 Å². The van der Waals surface area contributed by atoms with E-state index in [-0.39, 0.29) is 35.9 Å². The minimum absolute atomic E-state index is 0. The number of aliphatic imine (C=N–C) groups is 1. The number of rotatable bonds is 5. The molecule has 2 fully saturated rings. The number of carbonyl (C=O) groups is 1. The predicted octanol–water partition coefficient (Wildman–Crippen LogP) is 3.01. The smallest absolute Gasteiger partial charge is 0.409 e. The number of piperazine rings is 1. The van der Waals surface area contributed by atoms with Crippen LogP contribution in [0.2, 0.25) is 0 Å². The minimum atomic E-state index is -0.234. The first-order chi connectivity index (χ1) is 14.6. The second-order valence-corrected chi connectivity index (χ2v) is 7.91. The summed E-state index contributed by atoms with van der Waals surface area (Å²) in [5.41, 5.74) is 0.774. The van der Waals surface area contributed by atoms with Gasteiger partial charge in [-0.25, -0.2) is 9.18 Å². The number of guanidine groups is 1. The van der Waals surface area contributed by atoms with Crippen molar-refractivity contribution in [1.29, 1.82) is 0 Å². The molecular formula is C22H35FIN5O2. The summed E-state index contributed by atoms with van der Waals surface area (Å²) in [5, 5.41) is 3.51. The van der Waals surface area contributed by atoms with Crippen molar-refractivity contribution in [1.82, 2.24) is 20.0 Å². The summed E-state index contributed by atoms with van der Waals surface area (Å²) in [6.07, 6.45) is 1.95. The minimum Gasteiger partial charge on any atom is -0.450 e. The van der Waals surface area contributed by atoms with Gasteiger partial charge in [0.15, 0.2) is 5.96 Å². The van der Waals surface area contributed by atoms with E-state index in [0.717, 1.165) is 57.1 Å². The van der Waals surface area contributed by atoms with Crippen molar-refractivity contribution in [2.24, 2.45) is 10.9 Å². The normalized spacial score (nSPS) is 18.5. The van der Waals surface area contributed by atoms with Gasteiger partial charge in [-0.05, 0) is 44.8 Å². The molecule has 2 heterocycles. The summed E-state index contributed by atoms with van der Waals surface area (Å²) in [6, 6.07) is 7.03. The molecule has 0 aliphatic carbocycles. The van der Waals surface area contributed by atoms with Crippen LogP contribution in [0.5, 0.6) is 0 Å². The highest BCUT2D eigenvalue weighted by atomic mass is 127. The third-order valence-electron chi connectivity index (χ3n) is 5.92. The molecule has 2 aliphatic heterocycles. The van der Waals surface area contributed by atoms with Gasteiger partial charge >= 0.3 is 6.09 Å². The Hall–Kier alpha value is -1.62. The van der Waals surface area contributed by atoms with Crippen molar-refractivity contribution in [3.05, 3.63) is 35.6 Å². The van der Waals surface area contributed by atoms with Crippen molar-refractivity contribution < 1.29 is 13.9 Å². The van der Waals surface area contributed by atoms with Crippen molar-refractivity contribution in [3.8, 4) is 0 Å². The van der Waals surface area contributed by atoms with Gasteiger partial charge in [-0.2, -0.15) is 0 Å². The predicted molar refractivity (Wildman–Crippen MR) is 131 cm³/mol. The standard InChI is InChI=1S/C22H34FN5O2.HI/c1-3-30-22(29)28-14-12-27(13-15-28)21(24-2)25-16-18-8-10-26(11-9-18)17-19-6-4-5-7-20(19)23;/h4-7,18H,3,8-17H2,1-2H3,(H,24,25);1H. The van der Waals surface area contributed by atoms with Crippen LogP contribution in [0, 0.1) is 11.7 Å². The monoisotopic (exact) mass is 547 g/mol. The number of benzene rings is 1. The van der Waals surface area contributed by atoms with Gasteiger partial charge in [-0.15, -0.1) is 24.0 Å². The van der Waals surface area contributed by atoms with Crippen molar-refractivity contribution in [2.75, 3.05) is 59.5 Å². The number of nitrogens with one attached hydrogen (secondary N) is 1. The number of halogens is 2. The van der Waals surface area contributed by atoms with Gasteiger partial charge < -0.3 is 19.9 Å². The summed E-state index contributed by atoms with van der Waals surface area (Å²) in [6.45, 7) is 8.55. The number of hydrogen-bond acceptors (Lipinski definition) is 4. The van der Waals surface area contributed by atoms with E-state index in [0.29, 0.717) is 32.2 Å². The summed E-state index contributed by atoms with van der Waals surface area (Å²) < 4.78 is 19.0. The van der Waals surface area contributed by atoms with Crippen LogP contribution in [0.4, 0.5) is 9.18 Å².